The third kappa shape index (κ3) is 2.85. The highest BCUT2D eigenvalue weighted by atomic mass is 16.3. The molecule has 1 saturated heterocycles. The van der Waals surface area contributed by atoms with Crippen molar-refractivity contribution in [3.63, 3.8) is 0 Å². The van der Waals surface area contributed by atoms with Gasteiger partial charge in [-0.2, -0.15) is 0 Å². The summed E-state index contributed by atoms with van der Waals surface area (Å²) in [4.78, 5) is 9.20. The van der Waals surface area contributed by atoms with Crippen molar-refractivity contribution in [3.05, 3.63) is 36.0 Å². The first-order chi connectivity index (χ1) is 10.3. The predicted molar refractivity (Wildman–Crippen MR) is 85.4 cm³/mol. The minimum Gasteiger partial charge on any atom is -0.395 e. The number of rotatable bonds is 4. The number of para-hydroxylation sites is 1. The summed E-state index contributed by atoms with van der Waals surface area (Å²) in [7, 11) is 0. The maximum absolute atomic E-state index is 9.04. The van der Waals surface area contributed by atoms with E-state index in [4.69, 9.17) is 10.8 Å². The zero-order valence-electron chi connectivity index (χ0n) is 12.2. The van der Waals surface area contributed by atoms with Gasteiger partial charge in [-0.1, -0.05) is 18.2 Å². The first-order valence-corrected chi connectivity index (χ1v) is 7.48. The largest absolute Gasteiger partial charge is 0.395 e. The lowest BCUT2D eigenvalue weighted by molar-refractivity contribution is 0.189. The monoisotopic (exact) mass is 286 g/mol. The Balaban J connectivity index is 1.92. The van der Waals surface area contributed by atoms with Crippen molar-refractivity contribution < 1.29 is 5.11 Å². The van der Waals surface area contributed by atoms with E-state index in [2.05, 4.69) is 26.9 Å². The molecule has 0 bridgehead atoms. The lowest BCUT2D eigenvalue weighted by Gasteiger charge is -2.37. The van der Waals surface area contributed by atoms with Gasteiger partial charge in [0.25, 0.3) is 0 Å². The summed E-state index contributed by atoms with van der Waals surface area (Å²) in [5, 5.41) is 10.2. The fourth-order valence-corrected chi connectivity index (χ4v) is 3.03. The van der Waals surface area contributed by atoms with Crippen molar-refractivity contribution >= 4 is 16.6 Å². The Hall–Kier alpha value is -1.69. The van der Waals surface area contributed by atoms with Crippen LogP contribution in [0.4, 0.5) is 5.69 Å². The highest BCUT2D eigenvalue weighted by Gasteiger charge is 2.20. The number of hydrogen-bond donors (Lipinski definition) is 2. The average Bonchev–Trinajstić information content (AvgIpc) is 2.55. The van der Waals surface area contributed by atoms with E-state index in [1.54, 1.807) is 0 Å². The van der Waals surface area contributed by atoms with Crippen molar-refractivity contribution in [1.82, 2.24) is 9.88 Å². The number of nitrogens with zero attached hydrogens (tertiary/aromatic N) is 3. The zero-order chi connectivity index (χ0) is 14.7. The number of aliphatic hydroxyl groups is 1. The number of piperazine rings is 1. The lowest BCUT2D eigenvalue weighted by atomic mass is 10.1. The molecule has 1 aromatic heterocycles. The molecule has 3 rings (SSSR count). The summed E-state index contributed by atoms with van der Waals surface area (Å²) in [6, 6.07) is 8.23. The van der Waals surface area contributed by atoms with E-state index in [0.717, 1.165) is 43.8 Å². The predicted octanol–water partition coefficient (Wildman–Crippen LogP) is 0.808. The molecular formula is C16H22N4O. The van der Waals surface area contributed by atoms with Gasteiger partial charge in [0.05, 0.1) is 17.8 Å². The summed E-state index contributed by atoms with van der Waals surface area (Å²) in [5.41, 5.74) is 9.26. The number of pyridine rings is 1. The molecule has 1 aliphatic rings. The van der Waals surface area contributed by atoms with E-state index in [9.17, 15) is 0 Å². The molecule has 3 N–H and O–H groups in total. The van der Waals surface area contributed by atoms with Crippen molar-refractivity contribution in [1.29, 1.82) is 0 Å². The summed E-state index contributed by atoms with van der Waals surface area (Å²) < 4.78 is 0. The van der Waals surface area contributed by atoms with Crippen LogP contribution in [0.1, 0.15) is 5.56 Å². The van der Waals surface area contributed by atoms with Gasteiger partial charge in [-0.05, 0) is 6.07 Å². The highest BCUT2D eigenvalue weighted by molar-refractivity contribution is 5.93. The molecule has 5 nitrogen and oxygen atoms in total. The van der Waals surface area contributed by atoms with Gasteiger partial charge >= 0.3 is 0 Å². The number of β-amino-alcohol motifs (C(OH)–C–C–N with tert-alkyl or cyclic N) is 1. The Labute approximate surface area is 125 Å². The Bertz CT molecular complexity index is 608. The molecule has 1 fully saturated rings. The Morgan fingerprint density at radius 3 is 2.62 bits per heavy atom. The standard InChI is InChI=1S/C16H22N4O/c17-11-13-12-18-15-4-2-1-3-14(15)16(13)20-7-5-19(6-8-20)9-10-21/h1-4,12,21H,5-11,17H2. The number of aliphatic hydroxyl groups excluding tert-OH is 1. The normalized spacial score (nSPS) is 16.6. The van der Waals surface area contributed by atoms with Gasteiger partial charge in [-0.3, -0.25) is 9.88 Å². The highest BCUT2D eigenvalue weighted by Crippen LogP contribution is 2.30. The van der Waals surface area contributed by atoms with Gasteiger partial charge in [-0.15, -0.1) is 0 Å². The number of nitrogens with two attached hydrogens (primary N) is 1. The Kier molecular flexibility index (Phi) is 4.34. The van der Waals surface area contributed by atoms with E-state index < -0.39 is 0 Å². The van der Waals surface area contributed by atoms with Crippen LogP contribution in [0.2, 0.25) is 0 Å². The van der Waals surface area contributed by atoms with Crippen molar-refractivity contribution in [2.24, 2.45) is 5.73 Å². The van der Waals surface area contributed by atoms with E-state index in [1.165, 1.54) is 11.1 Å². The van der Waals surface area contributed by atoms with Gasteiger partial charge in [0.2, 0.25) is 0 Å². The average molecular weight is 286 g/mol. The van der Waals surface area contributed by atoms with Crippen LogP contribution in [-0.2, 0) is 6.54 Å². The SMILES string of the molecule is NCc1cnc2ccccc2c1N1CCN(CCO)CC1. The molecule has 0 amide bonds. The minimum absolute atomic E-state index is 0.228. The first kappa shape index (κ1) is 14.3. The molecule has 1 aliphatic heterocycles. The van der Waals surface area contributed by atoms with Crippen LogP contribution >= 0.6 is 0 Å². The fourth-order valence-electron chi connectivity index (χ4n) is 3.03. The second-order valence-electron chi connectivity index (χ2n) is 5.41. The topological polar surface area (TPSA) is 65.6 Å². The smallest absolute Gasteiger partial charge is 0.0723 e. The molecule has 2 heterocycles. The lowest BCUT2D eigenvalue weighted by Crippen LogP contribution is -2.47. The molecule has 112 valence electrons. The number of benzene rings is 1. The molecule has 0 aliphatic carbocycles. The van der Waals surface area contributed by atoms with Crippen molar-refractivity contribution in [2.75, 3.05) is 44.2 Å². The summed E-state index contributed by atoms with van der Waals surface area (Å²) in [5.74, 6) is 0. The van der Waals surface area contributed by atoms with Crippen LogP contribution in [0.15, 0.2) is 30.5 Å². The summed E-state index contributed by atoms with van der Waals surface area (Å²) in [6.45, 7) is 5.36. The third-order valence-electron chi connectivity index (χ3n) is 4.15. The fraction of sp³-hybridized carbons (Fsp3) is 0.438. The molecule has 0 radical (unpaired) electrons. The molecule has 0 spiro atoms. The number of anilines is 1. The molecule has 0 atom stereocenters. The summed E-state index contributed by atoms with van der Waals surface area (Å²) >= 11 is 0. The first-order valence-electron chi connectivity index (χ1n) is 7.48. The molecule has 0 unspecified atom stereocenters. The van der Waals surface area contributed by atoms with E-state index in [-0.39, 0.29) is 6.61 Å². The van der Waals surface area contributed by atoms with Gasteiger partial charge < -0.3 is 15.7 Å². The Morgan fingerprint density at radius 1 is 1.14 bits per heavy atom. The number of aromatic nitrogens is 1. The quantitative estimate of drug-likeness (QED) is 0.870. The van der Waals surface area contributed by atoms with Gasteiger partial charge in [0.15, 0.2) is 0 Å². The molecule has 2 aromatic rings. The summed E-state index contributed by atoms with van der Waals surface area (Å²) in [6.07, 6.45) is 1.90. The van der Waals surface area contributed by atoms with E-state index in [0.29, 0.717) is 6.54 Å². The molecule has 0 saturated carbocycles. The van der Waals surface area contributed by atoms with Crippen LogP contribution < -0.4 is 10.6 Å². The molecule has 1 aromatic carbocycles. The second-order valence-corrected chi connectivity index (χ2v) is 5.41. The Morgan fingerprint density at radius 2 is 1.90 bits per heavy atom. The number of fused-ring (bicyclic) bond motifs is 1. The molecule has 21 heavy (non-hydrogen) atoms. The minimum atomic E-state index is 0.228. The zero-order valence-corrected chi connectivity index (χ0v) is 12.2. The van der Waals surface area contributed by atoms with Crippen LogP contribution in [0.5, 0.6) is 0 Å². The van der Waals surface area contributed by atoms with E-state index in [1.807, 2.05) is 18.3 Å². The van der Waals surface area contributed by atoms with Gasteiger partial charge in [0.1, 0.15) is 0 Å². The van der Waals surface area contributed by atoms with Crippen LogP contribution in [0.25, 0.3) is 10.9 Å². The van der Waals surface area contributed by atoms with Crippen LogP contribution in [0, 0.1) is 0 Å². The second kappa shape index (κ2) is 6.39. The van der Waals surface area contributed by atoms with Crippen molar-refractivity contribution in [2.45, 2.75) is 6.54 Å². The molecule has 5 heteroatoms. The van der Waals surface area contributed by atoms with Crippen LogP contribution in [-0.4, -0.2) is 54.3 Å². The van der Waals surface area contributed by atoms with Crippen molar-refractivity contribution in [3.8, 4) is 0 Å². The van der Waals surface area contributed by atoms with Crippen LogP contribution in [0.3, 0.4) is 0 Å². The maximum atomic E-state index is 9.04. The van der Waals surface area contributed by atoms with Gasteiger partial charge in [0, 0.05) is 56.4 Å². The third-order valence-corrected chi connectivity index (χ3v) is 4.15. The molecular weight excluding hydrogens is 264 g/mol. The maximum Gasteiger partial charge on any atom is 0.0723 e. The van der Waals surface area contributed by atoms with Gasteiger partial charge in [-0.25, -0.2) is 0 Å². The number of hydrogen-bond acceptors (Lipinski definition) is 5. The van der Waals surface area contributed by atoms with E-state index >= 15 is 0 Å².